The highest BCUT2D eigenvalue weighted by Crippen LogP contribution is 2.45. The average molecular weight is 210 g/mol. The molecule has 3 rings (SSSR count). The fourth-order valence-electron chi connectivity index (χ4n) is 3.54. The molecular formula is C11H18N2O2. The van der Waals surface area contributed by atoms with Crippen LogP contribution < -0.4 is 0 Å². The molecule has 0 aromatic rings. The zero-order chi connectivity index (χ0) is 10.3. The van der Waals surface area contributed by atoms with E-state index >= 15 is 0 Å². The topological polar surface area (TPSA) is 45.1 Å². The van der Waals surface area contributed by atoms with Gasteiger partial charge in [-0.2, -0.15) is 0 Å². The van der Waals surface area contributed by atoms with Gasteiger partial charge in [0.15, 0.2) is 0 Å². The zero-order valence-corrected chi connectivity index (χ0v) is 8.93. The van der Waals surface area contributed by atoms with Gasteiger partial charge in [-0.3, -0.25) is 4.90 Å². The van der Waals surface area contributed by atoms with Crippen LogP contribution in [0.3, 0.4) is 0 Å². The molecule has 84 valence electrons. The van der Waals surface area contributed by atoms with Crippen LogP contribution in [0.15, 0.2) is 5.16 Å². The van der Waals surface area contributed by atoms with Gasteiger partial charge in [-0.05, 0) is 25.2 Å². The molecule has 1 saturated heterocycles. The average Bonchev–Trinajstić information content (AvgIpc) is 2.89. The van der Waals surface area contributed by atoms with Crippen molar-refractivity contribution in [3.63, 3.8) is 0 Å². The van der Waals surface area contributed by atoms with E-state index < -0.39 is 0 Å². The normalized spacial score (nSPS) is 44.0. The molecule has 3 atom stereocenters. The third-order valence-corrected chi connectivity index (χ3v) is 4.20. The number of hydrogen-bond donors (Lipinski definition) is 1. The third-order valence-electron chi connectivity index (χ3n) is 4.20. The summed E-state index contributed by atoms with van der Waals surface area (Å²) in [6.07, 6.45) is 3.78. The van der Waals surface area contributed by atoms with Gasteiger partial charge < -0.3 is 9.94 Å². The molecule has 4 nitrogen and oxygen atoms in total. The van der Waals surface area contributed by atoms with Gasteiger partial charge in [-0.1, -0.05) is 5.16 Å². The highest BCUT2D eigenvalue weighted by atomic mass is 16.5. The lowest BCUT2D eigenvalue weighted by Crippen LogP contribution is -2.49. The Balaban J connectivity index is 1.79. The van der Waals surface area contributed by atoms with Crippen molar-refractivity contribution < 1.29 is 9.94 Å². The van der Waals surface area contributed by atoms with Crippen LogP contribution in [-0.2, 0) is 4.74 Å². The van der Waals surface area contributed by atoms with E-state index in [2.05, 4.69) is 10.1 Å². The molecule has 0 unspecified atom stereocenters. The van der Waals surface area contributed by atoms with Gasteiger partial charge in [0, 0.05) is 19.0 Å². The van der Waals surface area contributed by atoms with E-state index in [-0.39, 0.29) is 0 Å². The second-order valence-corrected chi connectivity index (χ2v) is 4.89. The van der Waals surface area contributed by atoms with Crippen LogP contribution in [0, 0.1) is 11.8 Å². The Labute approximate surface area is 89.9 Å². The summed E-state index contributed by atoms with van der Waals surface area (Å²) in [6.45, 7) is 3.64. The second kappa shape index (κ2) is 3.76. The molecule has 0 aromatic carbocycles. The van der Waals surface area contributed by atoms with Crippen molar-refractivity contribution in [1.82, 2.24) is 4.90 Å². The molecule has 0 spiro atoms. The monoisotopic (exact) mass is 210 g/mol. The summed E-state index contributed by atoms with van der Waals surface area (Å²) in [7, 11) is 0. The van der Waals surface area contributed by atoms with Crippen molar-refractivity contribution in [2.75, 3.05) is 26.3 Å². The number of morpholine rings is 1. The first-order chi connectivity index (χ1) is 7.40. The zero-order valence-electron chi connectivity index (χ0n) is 8.93. The van der Waals surface area contributed by atoms with Gasteiger partial charge in [0.1, 0.15) is 0 Å². The molecule has 3 fully saturated rings. The summed E-state index contributed by atoms with van der Waals surface area (Å²) in [4.78, 5) is 2.45. The standard InChI is InChI=1S/C11H18N2O2/c14-12-10-8-1-2-9(7-8)11(10)13-3-5-15-6-4-13/h8-9,11,14H,1-7H2/b12-10-/t8-,9+,11+/m1/s1. The molecule has 3 aliphatic rings. The van der Waals surface area contributed by atoms with Crippen molar-refractivity contribution in [1.29, 1.82) is 0 Å². The maximum absolute atomic E-state index is 9.12. The van der Waals surface area contributed by atoms with E-state index in [1.807, 2.05) is 0 Å². The highest BCUT2D eigenvalue weighted by Gasteiger charge is 2.48. The smallest absolute Gasteiger partial charge is 0.0775 e. The Kier molecular flexibility index (Phi) is 2.41. The first kappa shape index (κ1) is 9.60. The van der Waals surface area contributed by atoms with Gasteiger partial charge in [0.2, 0.25) is 0 Å². The van der Waals surface area contributed by atoms with Crippen LogP contribution in [0.2, 0.25) is 0 Å². The molecule has 0 radical (unpaired) electrons. The largest absolute Gasteiger partial charge is 0.411 e. The highest BCUT2D eigenvalue weighted by molar-refractivity contribution is 5.94. The Morgan fingerprint density at radius 2 is 2.07 bits per heavy atom. The summed E-state index contributed by atoms with van der Waals surface area (Å²) < 4.78 is 5.36. The first-order valence-corrected chi connectivity index (χ1v) is 5.94. The van der Waals surface area contributed by atoms with Gasteiger partial charge in [-0.25, -0.2) is 0 Å². The van der Waals surface area contributed by atoms with E-state index in [0.29, 0.717) is 12.0 Å². The van der Waals surface area contributed by atoms with Crippen LogP contribution in [0.4, 0.5) is 0 Å². The van der Waals surface area contributed by atoms with E-state index in [0.717, 1.165) is 37.9 Å². The van der Waals surface area contributed by atoms with Crippen LogP contribution >= 0.6 is 0 Å². The number of hydrogen-bond acceptors (Lipinski definition) is 4. The second-order valence-electron chi connectivity index (χ2n) is 4.89. The fourth-order valence-corrected chi connectivity index (χ4v) is 3.54. The molecule has 1 N–H and O–H groups in total. The van der Waals surface area contributed by atoms with E-state index in [1.165, 1.54) is 19.3 Å². The lowest BCUT2D eigenvalue weighted by Gasteiger charge is -2.36. The van der Waals surface area contributed by atoms with Crippen molar-refractivity contribution in [3.05, 3.63) is 0 Å². The number of ether oxygens (including phenoxy) is 1. The summed E-state index contributed by atoms with van der Waals surface area (Å²) in [6, 6.07) is 0.414. The Bertz CT molecular complexity index is 274. The summed E-state index contributed by atoms with van der Waals surface area (Å²) in [5.41, 5.74) is 1.05. The molecule has 4 heteroatoms. The molecule has 0 amide bonds. The number of rotatable bonds is 1. The predicted molar refractivity (Wildman–Crippen MR) is 56.2 cm³/mol. The molecule has 1 aliphatic heterocycles. The predicted octanol–water partition coefficient (Wildman–Crippen LogP) is 0.947. The van der Waals surface area contributed by atoms with Gasteiger partial charge in [0.25, 0.3) is 0 Å². The maximum Gasteiger partial charge on any atom is 0.0775 e. The third kappa shape index (κ3) is 1.47. The van der Waals surface area contributed by atoms with Crippen molar-refractivity contribution in [2.45, 2.75) is 25.3 Å². The minimum absolute atomic E-state index is 0.414. The molecule has 2 bridgehead atoms. The van der Waals surface area contributed by atoms with E-state index in [4.69, 9.17) is 9.94 Å². The Morgan fingerprint density at radius 3 is 2.80 bits per heavy atom. The van der Waals surface area contributed by atoms with Crippen LogP contribution in [0.1, 0.15) is 19.3 Å². The Hall–Kier alpha value is -0.610. The van der Waals surface area contributed by atoms with Crippen molar-refractivity contribution in [2.24, 2.45) is 17.0 Å². The van der Waals surface area contributed by atoms with Crippen LogP contribution in [0.25, 0.3) is 0 Å². The van der Waals surface area contributed by atoms with Crippen molar-refractivity contribution >= 4 is 5.71 Å². The summed E-state index contributed by atoms with van der Waals surface area (Å²) in [5.74, 6) is 1.30. The molecule has 2 aliphatic carbocycles. The van der Waals surface area contributed by atoms with Gasteiger partial charge >= 0.3 is 0 Å². The van der Waals surface area contributed by atoms with Crippen molar-refractivity contribution in [3.8, 4) is 0 Å². The molecule has 2 saturated carbocycles. The van der Waals surface area contributed by atoms with E-state index in [1.54, 1.807) is 0 Å². The van der Waals surface area contributed by atoms with Gasteiger partial charge in [-0.15, -0.1) is 0 Å². The number of nitrogens with zero attached hydrogens (tertiary/aromatic N) is 2. The van der Waals surface area contributed by atoms with Crippen LogP contribution in [-0.4, -0.2) is 48.2 Å². The minimum Gasteiger partial charge on any atom is -0.411 e. The quantitative estimate of drug-likeness (QED) is 0.517. The lowest BCUT2D eigenvalue weighted by molar-refractivity contribution is 0.0199. The Morgan fingerprint density at radius 1 is 1.27 bits per heavy atom. The van der Waals surface area contributed by atoms with Crippen LogP contribution in [0.5, 0.6) is 0 Å². The van der Waals surface area contributed by atoms with E-state index in [9.17, 15) is 0 Å². The number of fused-ring (bicyclic) bond motifs is 2. The fraction of sp³-hybridized carbons (Fsp3) is 0.909. The maximum atomic E-state index is 9.12. The minimum atomic E-state index is 0.414. The number of oxime groups is 1. The van der Waals surface area contributed by atoms with Gasteiger partial charge in [0.05, 0.1) is 25.0 Å². The SMILES string of the molecule is O/N=C1/[C@@H]2CC[C@@H](C2)[C@@H]1N1CCOCC1. The molecule has 0 aromatic heterocycles. The first-order valence-electron chi connectivity index (χ1n) is 5.94. The summed E-state index contributed by atoms with van der Waals surface area (Å²) >= 11 is 0. The summed E-state index contributed by atoms with van der Waals surface area (Å²) in [5, 5.41) is 12.7. The molecular weight excluding hydrogens is 192 g/mol. The lowest BCUT2D eigenvalue weighted by atomic mass is 9.92. The molecule has 15 heavy (non-hydrogen) atoms. The molecule has 1 heterocycles.